The van der Waals surface area contributed by atoms with Gasteiger partial charge in [-0.15, -0.1) is 0 Å². The number of benzene rings is 1. The fourth-order valence-corrected chi connectivity index (χ4v) is 3.13. The second-order valence-corrected chi connectivity index (χ2v) is 6.68. The Balaban J connectivity index is 1.97. The van der Waals surface area contributed by atoms with Crippen LogP contribution in [0.3, 0.4) is 0 Å². The second-order valence-electron chi connectivity index (χ2n) is 4.84. The molecule has 0 aromatic heterocycles. The van der Waals surface area contributed by atoms with Gasteiger partial charge in [0.05, 0.1) is 24.7 Å². The van der Waals surface area contributed by atoms with E-state index < -0.39 is 10.0 Å². The maximum atomic E-state index is 12.0. The summed E-state index contributed by atoms with van der Waals surface area (Å²) in [6.45, 7) is 4.72. The van der Waals surface area contributed by atoms with Gasteiger partial charge in [-0.25, -0.2) is 8.42 Å². The largest absolute Gasteiger partial charge is 0.490 e. The summed E-state index contributed by atoms with van der Waals surface area (Å²) in [6, 6.07) is 5.09. The number of anilines is 1. The van der Waals surface area contributed by atoms with Crippen LogP contribution < -0.4 is 19.5 Å². The van der Waals surface area contributed by atoms with E-state index in [0.29, 0.717) is 43.4 Å². The molecular weight excluding hydrogens is 292 g/mol. The van der Waals surface area contributed by atoms with Crippen molar-refractivity contribution in [3.8, 4) is 11.5 Å². The fourth-order valence-electron chi connectivity index (χ4n) is 2.02. The van der Waals surface area contributed by atoms with Crippen LogP contribution in [-0.4, -0.2) is 40.5 Å². The lowest BCUT2D eigenvalue weighted by atomic mass is 10.3. The first kappa shape index (κ1) is 15.9. The van der Waals surface area contributed by atoms with Crippen molar-refractivity contribution in [2.75, 3.05) is 36.8 Å². The normalized spacial score (nSPS) is 14.5. The molecule has 1 aromatic rings. The van der Waals surface area contributed by atoms with E-state index in [2.05, 4.69) is 10.0 Å². The monoisotopic (exact) mass is 314 g/mol. The molecule has 0 atom stereocenters. The molecule has 0 aliphatic carbocycles. The fraction of sp³-hybridized carbons (Fsp3) is 0.571. The smallest absolute Gasteiger partial charge is 0.232 e. The van der Waals surface area contributed by atoms with E-state index in [1.54, 1.807) is 18.2 Å². The number of ether oxygens (including phenoxy) is 2. The van der Waals surface area contributed by atoms with Crippen LogP contribution in [0.25, 0.3) is 0 Å². The summed E-state index contributed by atoms with van der Waals surface area (Å²) >= 11 is 0. The predicted octanol–water partition coefficient (Wildman–Crippen LogP) is 1.59. The van der Waals surface area contributed by atoms with Gasteiger partial charge in [0.25, 0.3) is 0 Å². The molecule has 0 spiro atoms. The van der Waals surface area contributed by atoms with Crippen LogP contribution in [0.4, 0.5) is 5.69 Å². The van der Waals surface area contributed by atoms with Gasteiger partial charge in [0.1, 0.15) is 0 Å². The van der Waals surface area contributed by atoms with E-state index in [0.717, 1.165) is 13.0 Å². The van der Waals surface area contributed by atoms with Gasteiger partial charge in [-0.2, -0.15) is 0 Å². The van der Waals surface area contributed by atoms with Crippen LogP contribution in [-0.2, 0) is 10.0 Å². The molecule has 118 valence electrons. The Bertz CT molecular complexity index is 560. The summed E-state index contributed by atoms with van der Waals surface area (Å²) in [5.41, 5.74) is 0.503. The summed E-state index contributed by atoms with van der Waals surface area (Å²) < 4.78 is 37.6. The van der Waals surface area contributed by atoms with Crippen LogP contribution in [0.5, 0.6) is 11.5 Å². The van der Waals surface area contributed by atoms with Crippen molar-refractivity contribution < 1.29 is 17.9 Å². The minimum absolute atomic E-state index is 0.0917. The Morgan fingerprint density at radius 1 is 1.19 bits per heavy atom. The second kappa shape index (κ2) is 7.51. The van der Waals surface area contributed by atoms with Crippen LogP contribution in [0.1, 0.15) is 19.8 Å². The summed E-state index contributed by atoms with van der Waals surface area (Å²) in [5.74, 6) is 1.33. The van der Waals surface area contributed by atoms with Crippen molar-refractivity contribution in [3.63, 3.8) is 0 Å². The van der Waals surface area contributed by atoms with Crippen molar-refractivity contribution in [2.24, 2.45) is 0 Å². The van der Waals surface area contributed by atoms with Crippen molar-refractivity contribution >= 4 is 15.7 Å². The standard InChI is InChI=1S/C14H22N2O4S/c1-2-15-7-3-10-21(17,18)16-12-5-6-13-14(11-12)20-9-4-8-19-13/h5-6,11,15-16H,2-4,7-10H2,1H3. The highest BCUT2D eigenvalue weighted by Crippen LogP contribution is 2.32. The molecule has 6 nitrogen and oxygen atoms in total. The molecule has 7 heteroatoms. The van der Waals surface area contributed by atoms with Gasteiger partial charge in [-0.3, -0.25) is 4.72 Å². The average molecular weight is 314 g/mol. The van der Waals surface area contributed by atoms with Gasteiger partial charge < -0.3 is 14.8 Å². The lowest BCUT2D eigenvalue weighted by Crippen LogP contribution is -2.21. The molecule has 21 heavy (non-hydrogen) atoms. The summed E-state index contributed by atoms with van der Waals surface area (Å²) in [6.07, 6.45) is 1.40. The number of rotatable bonds is 7. The van der Waals surface area contributed by atoms with E-state index in [1.165, 1.54) is 0 Å². The van der Waals surface area contributed by atoms with Gasteiger partial charge >= 0.3 is 0 Å². The third kappa shape index (κ3) is 5.09. The number of sulfonamides is 1. The molecule has 2 N–H and O–H groups in total. The third-order valence-corrected chi connectivity index (χ3v) is 4.41. The van der Waals surface area contributed by atoms with Crippen LogP contribution in [0.2, 0.25) is 0 Å². The molecule has 0 fully saturated rings. The quantitative estimate of drug-likeness (QED) is 0.747. The number of hydrogen-bond donors (Lipinski definition) is 2. The van der Waals surface area contributed by atoms with E-state index >= 15 is 0 Å². The van der Waals surface area contributed by atoms with Crippen LogP contribution in [0.15, 0.2) is 18.2 Å². The minimum Gasteiger partial charge on any atom is -0.490 e. The lowest BCUT2D eigenvalue weighted by molar-refractivity contribution is 0.297. The van der Waals surface area contributed by atoms with Gasteiger partial charge in [-0.1, -0.05) is 6.92 Å². The molecule has 0 saturated heterocycles. The predicted molar refractivity (Wildman–Crippen MR) is 82.6 cm³/mol. The highest BCUT2D eigenvalue weighted by molar-refractivity contribution is 7.92. The van der Waals surface area contributed by atoms with Crippen molar-refractivity contribution in [2.45, 2.75) is 19.8 Å². The molecule has 2 rings (SSSR count). The number of hydrogen-bond acceptors (Lipinski definition) is 5. The van der Waals surface area contributed by atoms with E-state index in [-0.39, 0.29) is 5.75 Å². The maximum absolute atomic E-state index is 12.0. The van der Waals surface area contributed by atoms with Gasteiger partial charge in [-0.05, 0) is 31.6 Å². The zero-order valence-corrected chi connectivity index (χ0v) is 13.0. The molecular formula is C14H22N2O4S. The molecule has 0 bridgehead atoms. The first-order valence-electron chi connectivity index (χ1n) is 7.21. The Kier molecular flexibility index (Phi) is 5.69. The Morgan fingerprint density at radius 2 is 1.95 bits per heavy atom. The average Bonchev–Trinajstić information content (AvgIpc) is 2.68. The first-order valence-corrected chi connectivity index (χ1v) is 8.87. The van der Waals surface area contributed by atoms with Crippen molar-refractivity contribution in [1.82, 2.24) is 5.32 Å². The molecule has 0 unspecified atom stereocenters. The van der Waals surface area contributed by atoms with E-state index in [9.17, 15) is 8.42 Å². The zero-order valence-electron chi connectivity index (χ0n) is 12.2. The summed E-state index contributed by atoms with van der Waals surface area (Å²) in [4.78, 5) is 0. The molecule has 1 aromatic carbocycles. The highest BCUT2D eigenvalue weighted by Gasteiger charge is 2.14. The van der Waals surface area contributed by atoms with Crippen molar-refractivity contribution in [3.05, 3.63) is 18.2 Å². The highest BCUT2D eigenvalue weighted by atomic mass is 32.2. The Hall–Kier alpha value is -1.47. The Labute approximate surface area is 125 Å². The SMILES string of the molecule is CCNCCCS(=O)(=O)Nc1ccc2c(c1)OCCCO2. The Morgan fingerprint density at radius 3 is 2.71 bits per heavy atom. The number of nitrogens with one attached hydrogen (secondary N) is 2. The molecule has 0 radical (unpaired) electrons. The lowest BCUT2D eigenvalue weighted by Gasteiger charge is -2.11. The van der Waals surface area contributed by atoms with Crippen LogP contribution >= 0.6 is 0 Å². The first-order chi connectivity index (χ1) is 10.1. The van der Waals surface area contributed by atoms with Crippen LogP contribution in [0, 0.1) is 0 Å². The molecule has 1 heterocycles. The van der Waals surface area contributed by atoms with Gasteiger partial charge in [0.2, 0.25) is 10.0 Å². The third-order valence-electron chi connectivity index (χ3n) is 3.04. The zero-order chi connectivity index (χ0) is 15.1. The summed E-state index contributed by atoms with van der Waals surface area (Å²) in [5, 5.41) is 3.10. The molecule has 0 saturated carbocycles. The topological polar surface area (TPSA) is 76.7 Å². The molecule has 0 amide bonds. The molecule has 1 aliphatic rings. The summed E-state index contributed by atoms with van der Waals surface area (Å²) in [7, 11) is -3.34. The van der Waals surface area contributed by atoms with E-state index in [4.69, 9.17) is 9.47 Å². The number of fused-ring (bicyclic) bond motifs is 1. The maximum Gasteiger partial charge on any atom is 0.232 e. The van der Waals surface area contributed by atoms with E-state index in [1.807, 2.05) is 6.92 Å². The van der Waals surface area contributed by atoms with Gasteiger partial charge in [0.15, 0.2) is 11.5 Å². The van der Waals surface area contributed by atoms with Crippen molar-refractivity contribution in [1.29, 1.82) is 0 Å². The van der Waals surface area contributed by atoms with Gasteiger partial charge in [0, 0.05) is 12.5 Å². The minimum atomic E-state index is -3.34. The molecule has 1 aliphatic heterocycles.